The number of anilines is 3. The lowest BCUT2D eigenvalue weighted by atomic mass is 10.00. The molecule has 114 valence electrons. The van der Waals surface area contributed by atoms with Crippen LogP contribution >= 0.6 is 0 Å². The highest BCUT2D eigenvalue weighted by Gasteiger charge is 2.28. The topological polar surface area (TPSA) is 87.8 Å². The molecule has 0 saturated carbocycles. The van der Waals surface area contributed by atoms with Crippen LogP contribution in [-0.4, -0.2) is 42.9 Å². The normalized spacial score (nSPS) is 25.4. The lowest BCUT2D eigenvalue weighted by Crippen LogP contribution is -2.49. The number of nitrogens with two attached hydrogens (primary N) is 1. The highest BCUT2D eigenvalue weighted by atomic mass is 16.5. The maximum atomic E-state index is 11.5. The molecule has 2 atom stereocenters. The molecule has 0 bridgehead atoms. The van der Waals surface area contributed by atoms with Crippen molar-refractivity contribution in [2.75, 3.05) is 35.7 Å². The van der Waals surface area contributed by atoms with E-state index in [1.165, 1.54) is 0 Å². The molecule has 6 nitrogen and oxygen atoms in total. The zero-order valence-corrected chi connectivity index (χ0v) is 12.1. The molecule has 1 amide bonds. The molecule has 1 saturated heterocycles. The standard InChI is InChI=1S/C15H21N3O3/c1-9-8-21-11(7-19)6-18(9)14-4-10-2-3-15(20)17-13(10)5-12(14)16/h4-5,9,11,19H,2-3,6-8,16H2,1H3,(H,17,20). The molecule has 0 spiro atoms. The Labute approximate surface area is 123 Å². The average molecular weight is 291 g/mol. The van der Waals surface area contributed by atoms with E-state index in [1.54, 1.807) is 0 Å². The summed E-state index contributed by atoms with van der Waals surface area (Å²) in [6, 6.07) is 4.09. The first-order chi connectivity index (χ1) is 10.1. The summed E-state index contributed by atoms with van der Waals surface area (Å²) < 4.78 is 5.57. The molecule has 1 aromatic carbocycles. The summed E-state index contributed by atoms with van der Waals surface area (Å²) in [6.45, 7) is 3.27. The van der Waals surface area contributed by atoms with E-state index in [0.717, 1.165) is 23.4 Å². The number of carbonyl (C=O) groups excluding carboxylic acids is 1. The van der Waals surface area contributed by atoms with Crippen molar-refractivity contribution >= 4 is 23.0 Å². The Balaban J connectivity index is 1.92. The molecule has 2 aliphatic rings. The lowest BCUT2D eigenvalue weighted by molar-refractivity contribution is -0.116. The van der Waals surface area contributed by atoms with Crippen LogP contribution in [0.15, 0.2) is 12.1 Å². The second kappa shape index (κ2) is 5.54. The number of benzene rings is 1. The van der Waals surface area contributed by atoms with Crippen LogP contribution in [0.5, 0.6) is 0 Å². The number of hydrogen-bond donors (Lipinski definition) is 3. The number of rotatable bonds is 2. The Hall–Kier alpha value is -1.79. The van der Waals surface area contributed by atoms with Gasteiger partial charge in [-0.05, 0) is 31.0 Å². The van der Waals surface area contributed by atoms with Crippen LogP contribution in [0.2, 0.25) is 0 Å². The minimum Gasteiger partial charge on any atom is -0.397 e. The van der Waals surface area contributed by atoms with Gasteiger partial charge in [0.1, 0.15) is 0 Å². The monoisotopic (exact) mass is 291 g/mol. The van der Waals surface area contributed by atoms with Gasteiger partial charge in [-0.1, -0.05) is 0 Å². The van der Waals surface area contributed by atoms with Crippen molar-refractivity contribution in [3.05, 3.63) is 17.7 Å². The van der Waals surface area contributed by atoms with Crippen LogP contribution in [0.1, 0.15) is 18.9 Å². The molecule has 2 unspecified atom stereocenters. The van der Waals surface area contributed by atoms with Gasteiger partial charge in [0.05, 0.1) is 30.7 Å². The first-order valence-electron chi connectivity index (χ1n) is 7.30. The first-order valence-corrected chi connectivity index (χ1v) is 7.30. The maximum absolute atomic E-state index is 11.5. The fraction of sp³-hybridized carbons (Fsp3) is 0.533. The van der Waals surface area contributed by atoms with Crippen molar-refractivity contribution in [3.8, 4) is 0 Å². The number of hydrogen-bond acceptors (Lipinski definition) is 5. The number of nitrogens with one attached hydrogen (secondary N) is 1. The number of amides is 1. The lowest BCUT2D eigenvalue weighted by Gasteiger charge is -2.40. The van der Waals surface area contributed by atoms with E-state index in [0.29, 0.717) is 25.3 Å². The molecule has 0 aromatic heterocycles. The van der Waals surface area contributed by atoms with Gasteiger partial charge in [0, 0.05) is 24.7 Å². The van der Waals surface area contributed by atoms with Gasteiger partial charge in [0.2, 0.25) is 5.91 Å². The largest absolute Gasteiger partial charge is 0.397 e. The number of morpholine rings is 1. The smallest absolute Gasteiger partial charge is 0.224 e. The Morgan fingerprint density at radius 3 is 3.05 bits per heavy atom. The van der Waals surface area contributed by atoms with E-state index >= 15 is 0 Å². The van der Waals surface area contributed by atoms with Crippen molar-refractivity contribution in [2.24, 2.45) is 0 Å². The zero-order valence-electron chi connectivity index (χ0n) is 12.1. The molecule has 4 N–H and O–H groups in total. The third-order valence-electron chi connectivity index (χ3n) is 4.17. The molecule has 2 aliphatic heterocycles. The van der Waals surface area contributed by atoms with E-state index in [2.05, 4.69) is 23.2 Å². The zero-order chi connectivity index (χ0) is 15.0. The summed E-state index contributed by atoms with van der Waals surface area (Å²) >= 11 is 0. The van der Waals surface area contributed by atoms with Gasteiger partial charge in [-0.25, -0.2) is 0 Å². The van der Waals surface area contributed by atoms with Crippen LogP contribution in [0.3, 0.4) is 0 Å². The number of aliphatic hydroxyl groups excluding tert-OH is 1. The van der Waals surface area contributed by atoms with Gasteiger partial charge >= 0.3 is 0 Å². The van der Waals surface area contributed by atoms with E-state index in [4.69, 9.17) is 10.5 Å². The molecule has 0 aliphatic carbocycles. The number of nitrogens with zero attached hydrogens (tertiary/aromatic N) is 1. The van der Waals surface area contributed by atoms with E-state index in [1.807, 2.05) is 6.07 Å². The van der Waals surface area contributed by atoms with Crippen LogP contribution in [0.25, 0.3) is 0 Å². The number of aliphatic hydroxyl groups is 1. The van der Waals surface area contributed by atoms with E-state index in [-0.39, 0.29) is 24.7 Å². The highest BCUT2D eigenvalue weighted by molar-refractivity contribution is 5.95. The molecule has 21 heavy (non-hydrogen) atoms. The second-order valence-electron chi connectivity index (χ2n) is 5.76. The minimum atomic E-state index is -0.184. The summed E-state index contributed by atoms with van der Waals surface area (Å²) in [4.78, 5) is 13.6. The second-order valence-corrected chi connectivity index (χ2v) is 5.76. The van der Waals surface area contributed by atoms with Gasteiger partial charge in [-0.3, -0.25) is 4.79 Å². The molecule has 0 radical (unpaired) electrons. The first kappa shape index (κ1) is 14.2. The third-order valence-corrected chi connectivity index (χ3v) is 4.17. The van der Waals surface area contributed by atoms with Crippen molar-refractivity contribution in [1.29, 1.82) is 0 Å². The molecule has 3 rings (SSSR count). The number of carbonyl (C=O) groups is 1. The fourth-order valence-corrected chi connectivity index (χ4v) is 2.94. The van der Waals surface area contributed by atoms with Gasteiger partial charge < -0.3 is 25.8 Å². The predicted molar refractivity (Wildman–Crippen MR) is 81.4 cm³/mol. The highest BCUT2D eigenvalue weighted by Crippen LogP contribution is 2.35. The van der Waals surface area contributed by atoms with Crippen LogP contribution in [-0.2, 0) is 16.0 Å². The number of aryl methyl sites for hydroxylation is 1. The quantitative estimate of drug-likeness (QED) is 0.700. The molecular formula is C15H21N3O3. The van der Waals surface area contributed by atoms with Crippen LogP contribution < -0.4 is 16.0 Å². The number of fused-ring (bicyclic) bond motifs is 1. The Kier molecular flexibility index (Phi) is 3.73. The molecule has 6 heteroatoms. The molecular weight excluding hydrogens is 270 g/mol. The van der Waals surface area contributed by atoms with Gasteiger partial charge in [-0.2, -0.15) is 0 Å². The Morgan fingerprint density at radius 2 is 2.29 bits per heavy atom. The molecule has 2 heterocycles. The summed E-state index contributed by atoms with van der Waals surface area (Å²) in [6.07, 6.45) is 1.06. The van der Waals surface area contributed by atoms with Gasteiger partial charge in [0.15, 0.2) is 0 Å². The SMILES string of the molecule is CC1COC(CO)CN1c1cc2c(cc1N)NC(=O)CC2. The predicted octanol–water partition coefficient (Wildman–Crippen LogP) is 0.739. The van der Waals surface area contributed by atoms with Crippen LogP contribution in [0, 0.1) is 0 Å². The van der Waals surface area contributed by atoms with E-state index < -0.39 is 0 Å². The number of ether oxygens (including phenoxy) is 1. The average Bonchev–Trinajstić information content (AvgIpc) is 2.47. The summed E-state index contributed by atoms with van der Waals surface area (Å²) in [5, 5.41) is 12.2. The Bertz CT molecular complexity index is 561. The van der Waals surface area contributed by atoms with Crippen molar-refractivity contribution in [1.82, 2.24) is 0 Å². The molecule has 1 fully saturated rings. The summed E-state index contributed by atoms with van der Waals surface area (Å²) in [5.74, 6) is 0.0368. The Morgan fingerprint density at radius 1 is 1.48 bits per heavy atom. The van der Waals surface area contributed by atoms with Crippen LogP contribution in [0.4, 0.5) is 17.1 Å². The van der Waals surface area contributed by atoms with Gasteiger partial charge in [0.25, 0.3) is 0 Å². The molecule has 1 aromatic rings. The van der Waals surface area contributed by atoms with E-state index in [9.17, 15) is 9.90 Å². The fourth-order valence-electron chi connectivity index (χ4n) is 2.94. The van der Waals surface area contributed by atoms with Crippen molar-refractivity contribution < 1.29 is 14.6 Å². The van der Waals surface area contributed by atoms with Crippen molar-refractivity contribution in [3.63, 3.8) is 0 Å². The minimum absolute atomic E-state index is 0.00409. The number of nitrogen functional groups attached to an aromatic ring is 1. The van der Waals surface area contributed by atoms with Gasteiger partial charge in [-0.15, -0.1) is 0 Å². The third kappa shape index (κ3) is 2.69. The maximum Gasteiger partial charge on any atom is 0.224 e. The van der Waals surface area contributed by atoms with Crippen molar-refractivity contribution in [2.45, 2.75) is 31.9 Å². The summed E-state index contributed by atoms with van der Waals surface area (Å²) in [7, 11) is 0. The summed E-state index contributed by atoms with van der Waals surface area (Å²) in [5.41, 5.74) is 9.69.